The second kappa shape index (κ2) is 7.93. The second-order valence-electron chi connectivity index (χ2n) is 5.50. The molecule has 1 unspecified atom stereocenters. The van der Waals surface area contributed by atoms with Crippen LogP contribution in [0.3, 0.4) is 0 Å². The summed E-state index contributed by atoms with van der Waals surface area (Å²) in [6.45, 7) is 3.60. The normalized spacial score (nSPS) is 11.2. The number of hydrogen-bond acceptors (Lipinski definition) is 4. The molecule has 2 aromatic carbocycles. The summed E-state index contributed by atoms with van der Waals surface area (Å²) < 4.78 is 0. The predicted molar refractivity (Wildman–Crippen MR) is 92.5 cm³/mol. The highest BCUT2D eigenvalue weighted by Gasteiger charge is 2.16. The lowest BCUT2D eigenvalue weighted by molar-refractivity contribution is -0.121. The molecule has 1 amide bonds. The molecular weight excluding hydrogens is 302 g/mol. The first kappa shape index (κ1) is 17.2. The third-order valence-corrected chi connectivity index (χ3v) is 3.60. The van der Waals surface area contributed by atoms with E-state index in [1.165, 1.54) is 6.92 Å². The minimum absolute atomic E-state index is 0.126. The zero-order valence-corrected chi connectivity index (χ0v) is 13.7. The number of nitrogens with zero attached hydrogens (tertiary/aromatic N) is 1. The Labute approximate surface area is 141 Å². The smallest absolute Gasteiger partial charge is 0.242 e. The van der Waals surface area contributed by atoms with Crippen LogP contribution >= 0.6 is 0 Å². The van der Waals surface area contributed by atoms with Crippen LogP contribution in [0.4, 0.5) is 5.69 Å². The average molecular weight is 321 g/mol. The molecule has 2 rings (SSSR count). The van der Waals surface area contributed by atoms with Gasteiger partial charge in [-0.05, 0) is 37.6 Å². The molecule has 0 spiro atoms. The van der Waals surface area contributed by atoms with Gasteiger partial charge in [0, 0.05) is 17.8 Å². The molecule has 0 heterocycles. The molecule has 5 nitrogen and oxygen atoms in total. The maximum atomic E-state index is 12.2. The number of nitriles is 1. The topological polar surface area (TPSA) is 82.0 Å². The molecule has 2 N–H and O–H groups in total. The molecular formula is C19H19N3O2. The van der Waals surface area contributed by atoms with Gasteiger partial charge in [-0.1, -0.05) is 30.3 Å². The Hall–Kier alpha value is -3.13. The number of nitrogens with one attached hydrogen (secondary N) is 2. The fourth-order valence-corrected chi connectivity index (χ4v) is 2.28. The zero-order chi connectivity index (χ0) is 17.5. The van der Waals surface area contributed by atoms with Gasteiger partial charge in [0.2, 0.25) is 5.91 Å². The van der Waals surface area contributed by atoms with Crippen LogP contribution in [0.25, 0.3) is 0 Å². The number of benzene rings is 2. The molecule has 0 saturated heterocycles. The van der Waals surface area contributed by atoms with E-state index in [2.05, 4.69) is 10.6 Å². The quantitative estimate of drug-likeness (QED) is 0.802. The second-order valence-corrected chi connectivity index (χ2v) is 5.50. The Morgan fingerprint density at radius 1 is 1.17 bits per heavy atom. The molecule has 5 heteroatoms. The van der Waals surface area contributed by atoms with Crippen molar-refractivity contribution in [2.45, 2.75) is 26.4 Å². The number of carbonyl (C=O) groups is 2. The summed E-state index contributed by atoms with van der Waals surface area (Å²) >= 11 is 0. The molecule has 1 atom stereocenters. The van der Waals surface area contributed by atoms with Gasteiger partial charge in [-0.3, -0.25) is 9.59 Å². The number of anilines is 1. The largest absolute Gasteiger partial charge is 0.373 e. The molecule has 0 radical (unpaired) electrons. The van der Waals surface area contributed by atoms with Crippen LogP contribution in [0.15, 0.2) is 48.5 Å². The van der Waals surface area contributed by atoms with Crippen molar-refractivity contribution in [1.29, 1.82) is 5.26 Å². The third-order valence-electron chi connectivity index (χ3n) is 3.60. The molecule has 0 aliphatic heterocycles. The fraction of sp³-hybridized carbons (Fsp3) is 0.211. The summed E-state index contributed by atoms with van der Waals surface area (Å²) in [7, 11) is 0. The van der Waals surface area contributed by atoms with Gasteiger partial charge in [-0.15, -0.1) is 0 Å². The Morgan fingerprint density at radius 2 is 1.88 bits per heavy atom. The van der Waals surface area contributed by atoms with E-state index in [0.29, 0.717) is 23.4 Å². The van der Waals surface area contributed by atoms with Crippen LogP contribution in [-0.4, -0.2) is 17.7 Å². The van der Waals surface area contributed by atoms with Gasteiger partial charge < -0.3 is 10.6 Å². The summed E-state index contributed by atoms with van der Waals surface area (Å²) in [5.41, 5.74) is 2.38. The van der Waals surface area contributed by atoms with E-state index in [1.807, 2.05) is 36.4 Å². The van der Waals surface area contributed by atoms with Crippen molar-refractivity contribution in [3.05, 3.63) is 65.2 Å². The SMILES string of the molecule is CC(=O)c1ccc(C#N)cc1NC(C)C(=O)NCc1ccccc1. The van der Waals surface area contributed by atoms with Crippen molar-refractivity contribution in [2.24, 2.45) is 0 Å². The van der Waals surface area contributed by atoms with Crippen molar-refractivity contribution in [3.8, 4) is 6.07 Å². The summed E-state index contributed by atoms with van der Waals surface area (Å²) in [6, 6.07) is 15.9. The van der Waals surface area contributed by atoms with Crippen LogP contribution in [-0.2, 0) is 11.3 Å². The highest BCUT2D eigenvalue weighted by atomic mass is 16.2. The number of Topliss-reactive ketones (excluding diaryl/α,β-unsaturated/α-hetero) is 1. The summed E-state index contributed by atoms with van der Waals surface area (Å²) in [5, 5.41) is 14.9. The van der Waals surface area contributed by atoms with E-state index in [9.17, 15) is 9.59 Å². The molecule has 0 saturated carbocycles. The molecule has 2 aromatic rings. The minimum atomic E-state index is -0.541. The number of hydrogen-bond donors (Lipinski definition) is 2. The highest BCUT2D eigenvalue weighted by molar-refractivity contribution is 6.00. The average Bonchev–Trinajstić information content (AvgIpc) is 2.60. The van der Waals surface area contributed by atoms with E-state index >= 15 is 0 Å². The Balaban J connectivity index is 2.05. The number of ketones is 1. The predicted octanol–water partition coefficient (Wildman–Crippen LogP) is 2.88. The molecule has 24 heavy (non-hydrogen) atoms. The molecule has 0 aromatic heterocycles. The maximum absolute atomic E-state index is 12.2. The summed E-state index contributed by atoms with van der Waals surface area (Å²) in [5.74, 6) is -0.311. The fourth-order valence-electron chi connectivity index (χ4n) is 2.28. The van der Waals surface area contributed by atoms with Crippen molar-refractivity contribution < 1.29 is 9.59 Å². The first-order valence-electron chi connectivity index (χ1n) is 7.64. The van der Waals surface area contributed by atoms with Gasteiger partial charge in [0.1, 0.15) is 6.04 Å². The monoisotopic (exact) mass is 321 g/mol. The van der Waals surface area contributed by atoms with Crippen LogP contribution in [0.2, 0.25) is 0 Å². The molecule has 0 fully saturated rings. The third kappa shape index (κ3) is 4.43. The lowest BCUT2D eigenvalue weighted by atomic mass is 10.1. The minimum Gasteiger partial charge on any atom is -0.373 e. The van der Waals surface area contributed by atoms with E-state index in [-0.39, 0.29) is 11.7 Å². The maximum Gasteiger partial charge on any atom is 0.242 e. The highest BCUT2D eigenvalue weighted by Crippen LogP contribution is 2.19. The van der Waals surface area contributed by atoms with Crippen molar-refractivity contribution >= 4 is 17.4 Å². The lowest BCUT2D eigenvalue weighted by Crippen LogP contribution is -2.37. The van der Waals surface area contributed by atoms with E-state index in [1.54, 1.807) is 25.1 Å². The first-order valence-corrected chi connectivity index (χ1v) is 7.64. The Bertz CT molecular complexity index is 779. The Kier molecular flexibility index (Phi) is 5.69. The molecule has 0 aliphatic rings. The van der Waals surface area contributed by atoms with Gasteiger partial charge in [0.05, 0.1) is 11.6 Å². The van der Waals surface area contributed by atoms with Crippen LogP contribution in [0.1, 0.15) is 35.3 Å². The van der Waals surface area contributed by atoms with Gasteiger partial charge in [-0.2, -0.15) is 5.26 Å². The van der Waals surface area contributed by atoms with E-state index in [0.717, 1.165) is 5.56 Å². The van der Waals surface area contributed by atoms with Crippen molar-refractivity contribution in [3.63, 3.8) is 0 Å². The van der Waals surface area contributed by atoms with Gasteiger partial charge in [-0.25, -0.2) is 0 Å². The first-order chi connectivity index (χ1) is 11.5. The van der Waals surface area contributed by atoms with E-state index < -0.39 is 6.04 Å². The number of carbonyl (C=O) groups excluding carboxylic acids is 2. The van der Waals surface area contributed by atoms with E-state index in [4.69, 9.17) is 5.26 Å². The molecule has 0 bridgehead atoms. The van der Waals surface area contributed by atoms with Gasteiger partial charge >= 0.3 is 0 Å². The number of rotatable bonds is 6. The summed E-state index contributed by atoms with van der Waals surface area (Å²) in [6.07, 6.45) is 0. The van der Waals surface area contributed by atoms with Gasteiger partial charge in [0.25, 0.3) is 0 Å². The molecule has 122 valence electrons. The van der Waals surface area contributed by atoms with Crippen LogP contribution in [0, 0.1) is 11.3 Å². The van der Waals surface area contributed by atoms with Crippen molar-refractivity contribution in [2.75, 3.05) is 5.32 Å². The lowest BCUT2D eigenvalue weighted by Gasteiger charge is -2.17. The standard InChI is InChI=1S/C19H19N3O2/c1-13(19(24)21-12-15-6-4-3-5-7-15)22-18-10-16(11-20)8-9-17(18)14(2)23/h3-10,13,22H,12H2,1-2H3,(H,21,24). The number of amides is 1. The van der Waals surface area contributed by atoms with Crippen molar-refractivity contribution in [1.82, 2.24) is 5.32 Å². The summed E-state index contributed by atoms with van der Waals surface area (Å²) in [4.78, 5) is 23.9. The van der Waals surface area contributed by atoms with Crippen LogP contribution in [0.5, 0.6) is 0 Å². The molecule has 0 aliphatic carbocycles. The zero-order valence-electron chi connectivity index (χ0n) is 13.7. The van der Waals surface area contributed by atoms with Gasteiger partial charge in [0.15, 0.2) is 5.78 Å². The van der Waals surface area contributed by atoms with Crippen LogP contribution < -0.4 is 10.6 Å². The Morgan fingerprint density at radius 3 is 2.50 bits per heavy atom.